The van der Waals surface area contributed by atoms with Crippen LogP contribution in [0.2, 0.25) is 0 Å². The van der Waals surface area contributed by atoms with Crippen molar-refractivity contribution in [1.29, 1.82) is 0 Å². The number of alkyl halides is 3. The van der Waals surface area contributed by atoms with Gasteiger partial charge in [-0.3, -0.25) is 9.78 Å². The number of ether oxygens (including phenoxy) is 1. The van der Waals surface area contributed by atoms with Gasteiger partial charge in [-0.25, -0.2) is 4.79 Å². The maximum Gasteiger partial charge on any atom is 0.491 e. The maximum atomic E-state index is 12.4. The zero-order valence-corrected chi connectivity index (χ0v) is 17.6. The van der Waals surface area contributed by atoms with E-state index in [1.165, 1.54) is 32.1 Å². The first-order chi connectivity index (χ1) is 15.3. The number of nitrogens with zero attached hydrogens (tertiary/aromatic N) is 3. The van der Waals surface area contributed by atoms with Crippen molar-refractivity contribution in [1.82, 2.24) is 15.1 Å². The minimum absolute atomic E-state index is 0.149. The molecule has 1 atom stereocenters. The van der Waals surface area contributed by atoms with Gasteiger partial charge in [0.2, 0.25) is 5.89 Å². The standard InChI is InChI=1S/C22H26F3N3O4/c23-22(24,25)21(30)31-19(29)13-16(10-6-9-15-7-2-1-3-8-15)20-27-18(28-32-20)14-17-11-4-5-12-26-17/h4-5,11-12,15-16H,1-3,6-10,13-14H2/t16-/m1/s1. The first kappa shape index (κ1) is 23.9. The minimum Gasteiger partial charge on any atom is -0.386 e. The molecule has 1 aliphatic carbocycles. The largest absolute Gasteiger partial charge is 0.491 e. The van der Waals surface area contributed by atoms with Crippen LogP contribution < -0.4 is 0 Å². The summed E-state index contributed by atoms with van der Waals surface area (Å²) in [6.07, 6.45) is 4.47. The van der Waals surface area contributed by atoms with Crippen molar-refractivity contribution in [2.24, 2.45) is 5.92 Å². The van der Waals surface area contributed by atoms with Gasteiger partial charge in [-0.15, -0.1) is 0 Å². The molecule has 0 bridgehead atoms. The van der Waals surface area contributed by atoms with Crippen LogP contribution in [0.3, 0.4) is 0 Å². The van der Waals surface area contributed by atoms with Gasteiger partial charge in [0.25, 0.3) is 0 Å². The van der Waals surface area contributed by atoms with Crippen molar-refractivity contribution in [3.8, 4) is 0 Å². The summed E-state index contributed by atoms with van der Waals surface area (Å²) in [5.74, 6) is -3.29. The molecule has 174 valence electrons. The van der Waals surface area contributed by atoms with Crippen LogP contribution in [0.15, 0.2) is 28.9 Å². The summed E-state index contributed by atoms with van der Waals surface area (Å²) in [5, 5.41) is 3.91. The second-order valence-corrected chi connectivity index (χ2v) is 8.14. The number of rotatable bonds is 9. The van der Waals surface area contributed by atoms with Crippen molar-refractivity contribution in [3.63, 3.8) is 0 Å². The van der Waals surface area contributed by atoms with Gasteiger partial charge in [0.05, 0.1) is 12.8 Å². The highest BCUT2D eigenvalue weighted by atomic mass is 19.4. The number of carbonyl (C=O) groups is 2. The van der Waals surface area contributed by atoms with E-state index in [2.05, 4.69) is 19.9 Å². The zero-order valence-electron chi connectivity index (χ0n) is 17.6. The first-order valence-electron chi connectivity index (χ1n) is 10.9. The van der Waals surface area contributed by atoms with Crippen LogP contribution >= 0.6 is 0 Å². The summed E-state index contributed by atoms with van der Waals surface area (Å²) in [5.41, 5.74) is 0.726. The maximum absolute atomic E-state index is 12.4. The van der Waals surface area contributed by atoms with E-state index in [4.69, 9.17) is 4.52 Å². The lowest BCUT2D eigenvalue weighted by Crippen LogP contribution is -2.28. The molecule has 0 spiro atoms. The Kier molecular flexibility index (Phi) is 8.35. The van der Waals surface area contributed by atoms with Crippen LogP contribution in [-0.2, 0) is 20.7 Å². The molecule has 10 heteroatoms. The van der Waals surface area contributed by atoms with Gasteiger partial charge in [0.1, 0.15) is 0 Å². The summed E-state index contributed by atoms with van der Waals surface area (Å²) in [4.78, 5) is 31.5. The number of halogens is 3. The normalized spacial score (nSPS) is 16.0. The van der Waals surface area contributed by atoms with E-state index in [1.807, 2.05) is 6.07 Å². The van der Waals surface area contributed by atoms with E-state index in [0.29, 0.717) is 24.6 Å². The zero-order chi connectivity index (χ0) is 23.0. The molecule has 0 radical (unpaired) electrons. The Morgan fingerprint density at radius 1 is 1.19 bits per heavy atom. The monoisotopic (exact) mass is 453 g/mol. The average molecular weight is 453 g/mol. The molecule has 0 aliphatic heterocycles. The Hall–Kier alpha value is -2.78. The molecule has 0 unspecified atom stereocenters. The Labute approximate surface area is 183 Å². The van der Waals surface area contributed by atoms with Crippen LogP contribution in [-0.4, -0.2) is 33.2 Å². The van der Waals surface area contributed by atoms with E-state index in [9.17, 15) is 22.8 Å². The van der Waals surface area contributed by atoms with E-state index < -0.39 is 30.5 Å². The lowest BCUT2D eigenvalue weighted by Gasteiger charge is -2.22. The average Bonchev–Trinajstić information content (AvgIpc) is 3.22. The second kappa shape index (κ2) is 11.2. The van der Waals surface area contributed by atoms with Crippen LogP contribution in [0.5, 0.6) is 0 Å². The van der Waals surface area contributed by atoms with Crippen LogP contribution in [0.4, 0.5) is 13.2 Å². The summed E-state index contributed by atoms with van der Waals surface area (Å²) < 4.78 is 46.5. The molecule has 0 amide bonds. The van der Waals surface area contributed by atoms with Gasteiger partial charge in [-0.2, -0.15) is 18.2 Å². The highest BCUT2D eigenvalue weighted by molar-refractivity contribution is 5.88. The third-order valence-electron chi connectivity index (χ3n) is 5.64. The highest BCUT2D eigenvalue weighted by Gasteiger charge is 2.42. The van der Waals surface area contributed by atoms with Crippen molar-refractivity contribution >= 4 is 11.9 Å². The number of pyridine rings is 1. The summed E-state index contributed by atoms with van der Waals surface area (Å²) >= 11 is 0. The van der Waals surface area contributed by atoms with E-state index in [0.717, 1.165) is 18.5 Å². The fourth-order valence-electron chi connectivity index (χ4n) is 4.02. The quantitative estimate of drug-likeness (QED) is 0.393. The molecule has 1 fully saturated rings. The second-order valence-electron chi connectivity index (χ2n) is 8.14. The molecule has 2 aromatic rings. The van der Waals surface area contributed by atoms with E-state index in [1.54, 1.807) is 18.3 Å². The topological polar surface area (TPSA) is 95.2 Å². The fraction of sp³-hybridized carbons (Fsp3) is 0.591. The molecule has 2 heterocycles. The first-order valence-corrected chi connectivity index (χ1v) is 10.9. The summed E-state index contributed by atoms with van der Waals surface area (Å²) in [6.45, 7) is 0. The molecule has 3 rings (SSSR count). The number of hydrogen-bond acceptors (Lipinski definition) is 7. The van der Waals surface area contributed by atoms with Gasteiger partial charge >= 0.3 is 18.1 Å². The smallest absolute Gasteiger partial charge is 0.386 e. The third-order valence-corrected chi connectivity index (χ3v) is 5.64. The molecule has 7 nitrogen and oxygen atoms in total. The van der Waals surface area contributed by atoms with Crippen molar-refractivity contribution < 1.29 is 32.0 Å². The number of esters is 2. The predicted molar refractivity (Wildman–Crippen MR) is 106 cm³/mol. The molecule has 32 heavy (non-hydrogen) atoms. The van der Waals surface area contributed by atoms with Gasteiger partial charge in [-0.05, 0) is 24.5 Å². The highest BCUT2D eigenvalue weighted by Crippen LogP contribution is 2.31. The van der Waals surface area contributed by atoms with E-state index in [-0.39, 0.29) is 5.89 Å². The molecule has 0 aromatic carbocycles. The van der Waals surface area contributed by atoms with Crippen LogP contribution in [0, 0.1) is 5.92 Å². The molecule has 2 aromatic heterocycles. The lowest BCUT2D eigenvalue weighted by atomic mass is 9.84. The number of carbonyl (C=O) groups excluding carboxylic acids is 2. The molecule has 0 saturated heterocycles. The fourth-order valence-corrected chi connectivity index (χ4v) is 4.02. The lowest BCUT2D eigenvalue weighted by molar-refractivity contribution is -0.202. The SMILES string of the molecule is O=C(C[C@@H](CCCC1CCCCC1)c1nc(Cc2ccccn2)no1)OC(=O)C(F)(F)F. The minimum atomic E-state index is -5.23. The summed E-state index contributed by atoms with van der Waals surface area (Å²) in [7, 11) is 0. The molecular weight excluding hydrogens is 427 g/mol. The van der Waals surface area contributed by atoms with Gasteiger partial charge in [0.15, 0.2) is 5.82 Å². The Balaban J connectivity index is 1.63. The Bertz CT molecular complexity index is 880. The Morgan fingerprint density at radius 3 is 2.66 bits per heavy atom. The van der Waals surface area contributed by atoms with Gasteiger partial charge in [-0.1, -0.05) is 56.2 Å². The molecule has 1 saturated carbocycles. The van der Waals surface area contributed by atoms with Crippen LogP contribution in [0.25, 0.3) is 0 Å². The number of aromatic nitrogens is 3. The van der Waals surface area contributed by atoms with E-state index >= 15 is 0 Å². The Morgan fingerprint density at radius 2 is 1.97 bits per heavy atom. The summed E-state index contributed by atoms with van der Waals surface area (Å²) in [6, 6.07) is 5.41. The predicted octanol–water partition coefficient (Wildman–Crippen LogP) is 4.91. The molecule has 1 aliphatic rings. The third kappa shape index (κ3) is 7.42. The number of hydrogen-bond donors (Lipinski definition) is 0. The van der Waals surface area contributed by atoms with Crippen molar-refractivity contribution in [2.75, 3.05) is 0 Å². The van der Waals surface area contributed by atoms with Crippen molar-refractivity contribution in [2.45, 2.75) is 76.3 Å². The van der Waals surface area contributed by atoms with Gasteiger partial charge in [0, 0.05) is 17.8 Å². The van der Waals surface area contributed by atoms with Gasteiger partial charge < -0.3 is 9.26 Å². The van der Waals surface area contributed by atoms with Crippen LogP contribution in [0.1, 0.15) is 81.1 Å². The van der Waals surface area contributed by atoms with Crippen molar-refractivity contribution in [3.05, 3.63) is 41.8 Å². The molecule has 0 N–H and O–H groups in total. The molecular formula is C22H26F3N3O4.